The van der Waals surface area contributed by atoms with Gasteiger partial charge in [-0.05, 0) is 25.5 Å². The Labute approximate surface area is 122 Å². The van der Waals surface area contributed by atoms with E-state index >= 15 is 0 Å². The van der Waals surface area contributed by atoms with Gasteiger partial charge in [0.1, 0.15) is 5.82 Å². The van der Waals surface area contributed by atoms with E-state index in [4.69, 9.17) is 28.5 Å². The molecule has 1 aromatic heterocycles. The van der Waals surface area contributed by atoms with E-state index in [1.165, 1.54) is 0 Å². The Morgan fingerprint density at radius 1 is 1.37 bits per heavy atom. The summed E-state index contributed by atoms with van der Waals surface area (Å²) in [5.74, 6) is 0.917. The van der Waals surface area contributed by atoms with Gasteiger partial charge < -0.3 is 4.57 Å². The monoisotopic (exact) mass is 295 g/mol. The maximum Gasteiger partial charge on any atom is 0.109 e. The van der Waals surface area contributed by atoms with Crippen LogP contribution in [0.2, 0.25) is 10.0 Å². The Kier molecular flexibility index (Phi) is 4.34. The highest BCUT2D eigenvalue weighted by Gasteiger charge is 2.14. The Bertz CT molecular complexity index is 640. The Morgan fingerprint density at radius 2 is 2.05 bits per heavy atom. The number of hydrogen-bond acceptors (Lipinski definition) is 2. The van der Waals surface area contributed by atoms with Gasteiger partial charge >= 0.3 is 0 Å². The summed E-state index contributed by atoms with van der Waals surface area (Å²) in [6.07, 6.45) is 1.88. The van der Waals surface area contributed by atoms with Crippen molar-refractivity contribution in [1.82, 2.24) is 9.55 Å². The van der Waals surface area contributed by atoms with Gasteiger partial charge in [-0.3, -0.25) is 0 Å². The van der Waals surface area contributed by atoms with Gasteiger partial charge in [-0.25, -0.2) is 4.98 Å². The third-order valence-corrected chi connectivity index (χ3v) is 3.74. The normalized spacial score (nSPS) is 12.6. The molecular weight excluding hydrogens is 281 g/mol. The Balaban J connectivity index is 2.59. The zero-order valence-corrected chi connectivity index (χ0v) is 12.5. The molecule has 0 aliphatic heterocycles. The fourth-order valence-corrected chi connectivity index (χ4v) is 2.42. The van der Waals surface area contributed by atoms with Crippen molar-refractivity contribution in [3.8, 4) is 6.07 Å². The van der Waals surface area contributed by atoms with Crippen molar-refractivity contribution in [1.29, 1.82) is 5.26 Å². The van der Waals surface area contributed by atoms with Crippen LogP contribution in [-0.4, -0.2) is 9.55 Å². The van der Waals surface area contributed by atoms with Gasteiger partial charge in [0.25, 0.3) is 0 Å². The Hall–Kier alpha value is -1.24. The third-order valence-electron chi connectivity index (χ3n) is 3.02. The van der Waals surface area contributed by atoms with Gasteiger partial charge in [0.15, 0.2) is 0 Å². The SMILES string of the molecule is CCCc1nc2cc(Cl)c(Cl)cc2n1CC(C)C#N. The quantitative estimate of drug-likeness (QED) is 0.836. The third kappa shape index (κ3) is 2.86. The van der Waals surface area contributed by atoms with E-state index in [0.29, 0.717) is 16.6 Å². The van der Waals surface area contributed by atoms with E-state index in [-0.39, 0.29) is 5.92 Å². The number of rotatable bonds is 4. The van der Waals surface area contributed by atoms with Gasteiger partial charge in [-0.2, -0.15) is 5.26 Å². The fraction of sp³-hybridized carbons (Fsp3) is 0.429. The second-order valence-corrected chi connectivity index (χ2v) is 5.49. The zero-order valence-electron chi connectivity index (χ0n) is 11.0. The molecule has 3 nitrogen and oxygen atoms in total. The molecule has 2 aromatic rings. The van der Waals surface area contributed by atoms with Crippen LogP contribution in [-0.2, 0) is 13.0 Å². The summed E-state index contributed by atoms with van der Waals surface area (Å²) in [7, 11) is 0. The van der Waals surface area contributed by atoms with E-state index in [0.717, 1.165) is 29.7 Å². The number of fused-ring (bicyclic) bond motifs is 1. The molecule has 0 spiro atoms. The zero-order chi connectivity index (χ0) is 14.0. The molecule has 1 unspecified atom stereocenters. The van der Waals surface area contributed by atoms with Gasteiger partial charge in [-0.1, -0.05) is 30.1 Å². The predicted molar refractivity (Wildman–Crippen MR) is 78.5 cm³/mol. The molecule has 0 aliphatic carbocycles. The highest BCUT2D eigenvalue weighted by atomic mass is 35.5. The summed E-state index contributed by atoms with van der Waals surface area (Å²) in [6, 6.07) is 5.87. The molecule has 19 heavy (non-hydrogen) atoms. The molecule has 5 heteroatoms. The molecule has 0 saturated heterocycles. The van der Waals surface area contributed by atoms with Gasteiger partial charge in [0, 0.05) is 13.0 Å². The lowest BCUT2D eigenvalue weighted by molar-refractivity contribution is 0.566. The average Bonchev–Trinajstić information content (AvgIpc) is 2.68. The number of aromatic nitrogens is 2. The van der Waals surface area contributed by atoms with Gasteiger partial charge in [0.2, 0.25) is 0 Å². The minimum absolute atomic E-state index is 0.0672. The van der Waals surface area contributed by atoms with Crippen molar-refractivity contribution >= 4 is 34.2 Å². The molecule has 1 heterocycles. The minimum atomic E-state index is -0.0672. The number of hydrogen-bond donors (Lipinski definition) is 0. The summed E-state index contributed by atoms with van der Waals surface area (Å²) >= 11 is 12.1. The topological polar surface area (TPSA) is 41.6 Å². The first kappa shape index (κ1) is 14.2. The van der Waals surface area contributed by atoms with E-state index in [1.807, 2.05) is 13.0 Å². The minimum Gasteiger partial charge on any atom is -0.327 e. The number of nitrogens with zero attached hydrogens (tertiary/aromatic N) is 3. The molecule has 0 N–H and O–H groups in total. The lowest BCUT2D eigenvalue weighted by atomic mass is 10.2. The standard InChI is InChI=1S/C14H15Cl2N3/c1-3-4-14-18-12-5-10(15)11(16)6-13(12)19(14)8-9(2)7-17/h5-6,9H,3-4,8H2,1-2H3. The first-order valence-corrected chi connectivity index (χ1v) is 7.06. The highest BCUT2D eigenvalue weighted by molar-refractivity contribution is 6.42. The molecule has 1 atom stereocenters. The summed E-state index contributed by atoms with van der Waals surface area (Å²) in [6.45, 7) is 4.64. The van der Waals surface area contributed by atoms with Crippen LogP contribution in [0.3, 0.4) is 0 Å². The lowest BCUT2D eigenvalue weighted by Crippen LogP contribution is -2.09. The number of aryl methyl sites for hydroxylation is 1. The summed E-state index contributed by atoms with van der Waals surface area (Å²) in [4.78, 5) is 4.60. The van der Waals surface area contributed by atoms with E-state index in [2.05, 4.69) is 22.5 Å². The molecule has 1 aromatic carbocycles. The molecule has 0 bridgehead atoms. The van der Waals surface area contributed by atoms with E-state index < -0.39 is 0 Å². The molecule has 0 aliphatic rings. The van der Waals surface area contributed by atoms with Crippen molar-refractivity contribution in [2.75, 3.05) is 0 Å². The number of imidazole rings is 1. The average molecular weight is 296 g/mol. The largest absolute Gasteiger partial charge is 0.327 e. The van der Waals surface area contributed by atoms with Gasteiger partial charge in [0.05, 0.1) is 33.1 Å². The number of halogens is 2. The van der Waals surface area contributed by atoms with Crippen molar-refractivity contribution in [3.05, 3.63) is 28.0 Å². The number of nitriles is 1. The van der Waals surface area contributed by atoms with Crippen LogP contribution in [0.15, 0.2) is 12.1 Å². The first-order valence-electron chi connectivity index (χ1n) is 6.30. The van der Waals surface area contributed by atoms with Crippen LogP contribution < -0.4 is 0 Å². The highest BCUT2D eigenvalue weighted by Crippen LogP contribution is 2.29. The molecular formula is C14H15Cl2N3. The van der Waals surface area contributed by atoms with Crippen LogP contribution in [0.25, 0.3) is 11.0 Å². The van der Waals surface area contributed by atoms with E-state index in [9.17, 15) is 0 Å². The second kappa shape index (κ2) is 5.81. The number of benzene rings is 1. The van der Waals surface area contributed by atoms with Crippen molar-refractivity contribution in [2.24, 2.45) is 5.92 Å². The van der Waals surface area contributed by atoms with Crippen LogP contribution in [0, 0.1) is 17.2 Å². The molecule has 2 rings (SSSR count). The maximum absolute atomic E-state index is 8.99. The molecule has 0 fully saturated rings. The maximum atomic E-state index is 8.99. The molecule has 100 valence electrons. The van der Waals surface area contributed by atoms with Crippen LogP contribution in [0.1, 0.15) is 26.1 Å². The molecule has 0 saturated carbocycles. The summed E-state index contributed by atoms with van der Waals surface area (Å²) in [5.41, 5.74) is 1.78. The van der Waals surface area contributed by atoms with Crippen molar-refractivity contribution < 1.29 is 0 Å². The van der Waals surface area contributed by atoms with Crippen LogP contribution in [0.5, 0.6) is 0 Å². The van der Waals surface area contributed by atoms with Gasteiger partial charge in [-0.15, -0.1) is 0 Å². The summed E-state index contributed by atoms with van der Waals surface area (Å²) < 4.78 is 2.08. The van der Waals surface area contributed by atoms with Crippen LogP contribution in [0.4, 0.5) is 0 Å². The molecule has 0 radical (unpaired) electrons. The molecule has 0 amide bonds. The predicted octanol–water partition coefficient (Wildman–Crippen LogP) is 4.46. The van der Waals surface area contributed by atoms with Crippen molar-refractivity contribution in [3.63, 3.8) is 0 Å². The summed E-state index contributed by atoms with van der Waals surface area (Å²) in [5, 5.41) is 10.0. The smallest absolute Gasteiger partial charge is 0.109 e. The first-order chi connectivity index (χ1) is 9.06. The Morgan fingerprint density at radius 3 is 2.68 bits per heavy atom. The van der Waals surface area contributed by atoms with Crippen molar-refractivity contribution in [2.45, 2.75) is 33.2 Å². The second-order valence-electron chi connectivity index (χ2n) is 4.67. The van der Waals surface area contributed by atoms with Crippen LogP contribution >= 0.6 is 23.2 Å². The lowest BCUT2D eigenvalue weighted by Gasteiger charge is -2.10. The fourth-order valence-electron chi connectivity index (χ4n) is 2.10. The van der Waals surface area contributed by atoms with E-state index in [1.54, 1.807) is 6.07 Å².